The van der Waals surface area contributed by atoms with Crippen LogP contribution >= 0.6 is 11.6 Å². The van der Waals surface area contributed by atoms with Gasteiger partial charge in [0, 0.05) is 47.1 Å². The van der Waals surface area contributed by atoms with E-state index in [1.807, 2.05) is 37.5 Å². The maximum absolute atomic E-state index is 6.09. The Morgan fingerprint density at radius 1 is 1.19 bits per heavy atom. The molecule has 0 saturated heterocycles. The van der Waals surface area contributed by atoms with Crippen LogP contribution in [-0.2, 0) is 0 Å². The van der Waals surface area contributed by atoms with Crippen molar-refractivity contribution in [2.75, 3.05) is 11.9 Å². The monoisotopic (exact) mass is 295 g/mol. The Morgan fingerprint density at radius 2 is 2.05 bits per heavy atom. The first-order valence-electron chi connectivity index (χ1n) is 6.83. The van der Waals surface area contributed by atoms with Crippen LogP contribution < -0.4 is 4.90 Å². The first kappa shape index (κ1) is 12.5. The molecule has 0 N–H and O–H groups in total. The maximum Gasteiger partial charge on any atom is 0.142 e. The fourth-order valence-corrected chi connectivity index (χ4v) is 3.10. The minimum Gasteiger partial charge on any atom is -0.329 e. The highest BCUT2D eigenvalue weighted by Gasteiger charge is 2.15. The lowest BCUT2D eigenvalue weighted by Gasteiger charge is -2.19. The van der Waals surface area contributed by atoms with Crippen LogP contribution in [-0.4, -0.2) is 16.4 Å². The van der Waals surface area contributed by atoms with Crippen molar-refractivity contribution in [1.29, 1.82) is 0 Å². The normalized spacial score (nSPS) is 11.6. The van der Waals surface area contributed by atoms with Gasteiger partial charge in [-0.15, -0.1) is 0 Å². The predicted octanol–water partition coefficient (Wildman–Crippen LogP) is 4.66. The molecule has 0 amide bonds. The number of anilines is 2. The van der Waals surface area contributed by atoms with Gasteiger partial charge in [-0.05, 0) is 36.8 Å². The Kier molecular flexibility index (Phi) is 2.59. The number of halogens is 1. The van der Waals surface area contributed by atoms with Gasteiger partial charge in [0.2, 0.25) is 0 Å². The Bertz CT molecular complexity index is 942. The summed E-state index contributed by atoms with van der Waals surface area (Å²) < 4.78 is 2.16. The summed E-state index contributed by atoms with van der Waals surface area (Å²) in [6, 6.07) is 9.93. The molecule has 4 aromatic rings. The number of aromatic nitrogens is 2. The van der Waals surface area contributed by atoms with Crippen molar-refractivity contribution >= 4 is 39.4 Å². The molecule has 3 nitrogen and oxygen atoms in total. The molecule has 0 saturated carbocycles. The first-order chi connectivity index (χ1) is 10.1. The summed E-state index contributed by atoms with van der Waals surface area (Å²) in [6.07, 6.45) is 6.18. The second kappa shape index (κ2) is 4.37. The molecule has 0 aliphatic heterocycles. The minimum absolute atomic E-state index is 0.728. The molecule has 0 unspecified atom stereocenters. The van der Waals surface area contributed by atoms with E-state index in [-0.39, 0.29) is 0 Å². The minimum atomic E-state index is 0.728. The van der Waals surface area contributed by atoms with Gasteiger partial charge >= 0.3 is 0 Å². The van der Waals surface area contributed by atoms with Crippen LogP contribution in [0.15, 0.2) is 48.9 Å². The van der Waals surface area contributed by atoms with E-state index < -0.39 is 0 Å². The average Bonchev–Trinajstić information content (AvgIpc) is 3.03. The quantitative estimate of drug-likeness (QED) is 0.536. The van der Waals surface area contributed by atoms with Crippen molar-refractivity contribution in [3.63, 3.8) is 0 Å². The molecule has 104 valence electrons. The molecular weight excluding hydrogens is 282 g/mol. The fourth-order valence-electron chi connectivity index (χ4n) is 2.92. The molecule has 0 aliphatic rings. The van der Waals surface area contributed by atoms with Crippen molar-refractivity contribution in [3.8, 4) is 0 Å². The molecule has 3 aromatic heterocycles. The lowest BCUT2D eigenvalue weighted by molar-refractivity contribution is 1.15. The van der Waals surface area contributed by atoms with Crippen molar-refractivity contribution < 1.29 is 0 Å². The number of hydrogen-bond acceptors (Lipinski definition) is 2. The van der Waals surface area contributed by atoms with Gasteiger partial charge in [0.25, 0.3) is 0 Å². The van der Waals surface area contributed by atoms with Crippen LogP contribution in [0.4, 0.5) is 11.5 Å². The largest absolute Gasteiger partial charge is 0.329 e. The van der Waals surface area contributed by atoms with E-state index in [1.165, 1.54) is 16.5 Å². The summed E-state index contributed by atoms with van der Waals surface area (Å²) >= 11 is 6.09. The van der Waals surface area contributed by atoms with Crippen LogP contribution in [0, 0.1) is 6.92 Å². The van der Waals surface area contributed by atoms with E-state index in [1.54, 1.807) is 0 Å². The number of aryl methyl sites for hydroxylation is 1. The molecule has 21 heavy (non-hydrogen) atoms. The Balaban J connectivity index is 1.94. The summed E-state index contributed by atoms with van der Waals surface area (Å²) in [7, 11) is 2.02. The first-order valence-corrected chi connectivity index (χ1v) is 7.20. The second-order valence-corrected chi connectivity index (χ2v) is 5.77. The van der Waals surface area contributed by atoms with Gasteiger partial charge in [-0.1, -0.05) is 17.7 Å². The highest BCUT2D eigenvalue weighted by atomic mass is 35.5. The van der Waals surface area contributed by atoms with Crippen LogP contribution in [0.5, 0.6) is 0 Å². The number of rotatable bonds is 2. The maximum atomic E-state index is 6.09. The average molecular weight is 296 g/mol. The molecule has 1 aromatic carbocycles. The number of pyridine rings is 1. The van der Waals surface area contributed by atoms with Crippen LogP contribution in [0.25, 0.3) is 16.3 Å². The van der Waals surface area contributed by atoms with E-state index in [0.717, 1.165) is 21.9 Å². The predicted molar refractivity (Wildman–Crippen MR) is 88.1 cm³/mol. The van der Waals surface area contributed by atoms with Gasteiger partial charge in [0.15, 0.2) is 0 Å². The van der Waals surface area contributed by atoms with Crippen molar-refractivity contribution in [2.45, 2.75) is 6.92 Å². The molecule has 0 aliphatic carbocycles. The molecule has 4 heteroatoms. The Labute approximate surface area is 127 Å². The fraction of sp³-hybridized carbons (Fsp3) is 0.118. The molecule has 0 radical (unpaired) electrons. The SMILES string of the molecule is Cc1cn2ccc3c(N(C)c4cccc(Cl)c4)ncc1c32. The van der Waals surface area contributed by atoms with Crippen molar-refractivity contribution in [3.05, 3.63) is 59.5 Å². The van der Waals surface area contributed by atoms with Gasteiger partial charge < -0.3 is 9.30 Å². The smallest absolute Gasteiger partial charge is 0.142 e. The topological polar surface area (TPSA) is 20.5 Å². The third-order valence-electron chi connectivity index (χ3n) is 4.00. The molecule has 4 rings (SSSR count). The van der Waals surface area contributed by atoms with Gasteiger partial charge in [0.05, 0.1) is 5.52 Å². The van der Waals surface area contributed by atoms with Gasteiger partial charge in [-0.3, -0.25) is 0 Å². The van der Waals surface area contributed by atoms with Crippen LogP contribution in [0.2, 0.25) is 5.02 Å². The highest BCUT2D eigenvalue weighted by Crippen LogP contribution is 2.34. The standard InChI is InChI=1S/C17H14ClN3/c1-11-10-21-7-6-14-16(21)15(11)9-19-17(14)20(2)13-5-3-4-12(18)8-13/h3-10H,1-2H3. The highest BCUT2D eigenvalue weighted by molar-refractivity contribution is 6.30. The van der Waals surface area contributed by atoms with Gasteiger partial charge in [-0.25, -0.2) is 4.98 Å². The zero-order valence-corrected chi connectivity index (χ0v) is 12.6. The third kappa shape index (κ3) is 1.78. The lowest BCUT2D eigenvalue weighted by Crippen LogP contribution is -2.11. The van der Waals surface area contributed by atoms with Crippen molar-refractivity contribution in [1.82, 2.24) is 9.38 Å². The Hall–Kier alpha value is -2.26. The molecular formula is C17H14ClN3. The molecule has 0 bridgehead atoms. The Morgan fingerprint density at radius 3 is 2.86 bits per heavy atom. The van der Waals surface area contributed by atoms with Gasteiger partial charge in [-0.2, -0.15) is 0 Å². The van der Waals surface area contributed by atoms with E-state index in [4.69, 9.17) is 11.6 Å². The number of nitrogens with zero attached hydrogens (tertiary/aromatic N) is 3. The summed E-state index contributed by atoms with van der Waals surface area (Å²) in [5.41, 5.74) is 3.51. The molecule has 0 atom stereocenters. The van der Waals surface area contributed by atoms with Gasteiger partial charge in [0.1, 0.15) is 5.82 Å². The second-order valence-electron chi connectivity index (χ2n) is 5.33. The van der Waals surface area contributed by atoms with Crippen LogP contribution in [0.3, 0.4) is 0 Å². The van der Waals surface area contributed by atoms with Crippen LogP contribution in [0.1, 0.15) is 5.56 Å². The zero-order valence-electron chi connectivity index (χ0n) is 11.8. The summed E-state index contributed by atoms with van der Waals surface area (Å²) in [6.45, 7) is 2.11. The van der Waals surface area contributed by atoms with E-state index in [9.17, 15) is 0 Å². The summed E-state index contributed by atoms with van der Waals surface area (Å²) in [4.78, 5) is 6.74. The molecule has 0 fully saturated rings. The summed E-state index contributed by atoms with van der Waals surface area (Å²) in [5.74, 6) is 0.942. The number of hydrogen-bond donors (Lipinski definition) is 0. The lowest BCUT2D eigenvalue weighted by atomic mass is 10.2. The molecule has 0 spiro atoms. The van der Waals surface area contributed by atoms with E-state index in [0.29, 0.717) is 0 Å². The zero-order chi connectivity index (χ0) is 14.6. The van der Waals surface area contributed by atoms with E-state index >= 15 is 0 Å². The van der Waals surface area contributed by atoms with E-state index in [2.05, 4.69) is 39.7 Å². The number of benzene rings is 1. The summed E-state index contributed by atoms with van der Waals surface area (Å²) in [5, 5.41) is 3.09. The van der Waals surface area contributed by atoms with Crippen molar-refractivity contribution in [2.24, 2.45) is 0 Å². The molecule has 3 heterocycles. The third-order valence-corrected chi connectivity index (χ3v) is 4.23.